The summed E-state index contributed by atoms with van der Waals surface area (Å²) in [5.41, 5.74) is 9.85. The van der Waals surface area contributed by atoms with Crippen LogP contribution in [-0.2, 0) is 6.42 Å². The first-order valence-electron chi connectivity index (χ1n) is 7.74. The van der Waals surface area contributed by atoms with E-state index in [2.05, 4.69) is 75.4 Å². The SMILES string of the molecule is CCc1ccc(C2=CC(c3ccccc3)=C(C)C2)cc1C. The van der Waals surface area contributed by atoms with E-state index in [0.717, 1.165) is 12.8 Å². The molecule has 0 fully saturated rings. The normalized spacial score (nSPS) is 14.5. The van der Waals surface area contributed by atoms with Gasteiger partial charge >= 0.3 is 0 Å². The van der Waals surface area contributed by atoms with Gasteiger partial charge in [0.1, 0.15) is 0 Å². The molecule has 1 aliphatic rings. The highest BCUT2D eigenvalue weighted by Gasteiger charge is 2.15. The molecule has 0 amide bonds. The number of benzene rings is 2. The maximum Gasteiger partial charge on any atom is -0.00545 e. The number of rotatable bonds is 3. The highest BCUT2D eigenvalue weighted by atomic mass is 14.2. The van der Waals surface area contributed by atoms with Crippen molar-refractivity contribution in [3.05, 3.63) is 82.4 Å². The van der Waals surface area contributed by atoms with Gasteiger partial charge in [-0.15, -0.1) is 0 Å². The van der Waals surface area contributed by atoms with Crippen molar-refractivity contribution < 1.29 is 0 Å². The Bertz CT molecular complexity index is 715. The van der Waals surface area contributed by atoms with Crippen LogP contribution in [0.4, 0.5) is 0 Å². The lowest BCUT2D eigenvalue weighted by Crippen LogP contribution is -1.89. The Balaban J connectivity index is 1.95. The first kappa shape index (κ1) is 13.9. The van der Waals surface area contributed by atoms with Gasteiger partial charge in [0.2, 0.25) is 0 Å². The average molecular weight is 274 g/mol. The largest absolute Gasteiger partial charge is 0.0622 e. The molecule has 21 heavy (non-hydrogen) atoms. The molecule has 2 aromatic carbocycles. The second kappa shape index (κ2) is 5.73. The van der Waals surface area contributed by atoms with Gasteiger partial charge in [-0.2, -0.15) is 0 Å². The Hall–Kier alpha value is -2.08. The van der Waals surface area contributed by atoms with Crippen LogP contribution >= 0.6 is 0 Å². The van der Waals surface area contributed by atoms with E-state index in [1.807, 2.05) is 0 Å². The van der Waals surface area contributed by atoms with Crippen LogP contribution < -0.4 is 0 Å². The fraction of sp³-hybridized carbons (Fsp3) is 0.238. The molecule has 0 heteroatoms. The summed E-state index contributed by atoms with van der Waals surface area (Å²) in [4.78, 5) is 0. The zero-order chi connectivity index (χ0) is 14.8. The van der Waals surface area contributed by atoms with Crippen molar-refractivity contribution in [3.8, 4) is 0 Å². The molecular formula is C21H22. The third-order valence-electron chi connectivity index (χ3n) is 4.41. The lowest BCUT2D eigenvalue weighted by molar-refractivity contribution is 1.11. The van der Waals surface area contributed by atoms with Gasteiger partial charge in [0.05, 0.1) is 0 Å². The van der Waals surface area contributed by atoms with E-state index in [-0.39, 0.29) is 0 Å². The van der Waals surface area contributed by atoms with Crippen LogP contribution in [0, 0.1) is 6.92 Å². The van der Waals surface area contributed by atoms with Crippen LogP contribution in [0.3, 0.4) is 0 Å². The van der Waals surface area contributed by atoms with Gasteiger partial charge in [-0.05, 0) is 60.1 Å². The zero-order valence-corrected chi connectivity index (χ0v) is 13.1. The summed E-state index contributed by atoms with van der Waals surface area (Å²) >= 11 is 0. The number of aryl methyl sites for hydroxylation is 2. The molecule has 0 radical (unpaired) electrons. The van der Waals surface area contributed by atoms with E-state index in [9.17, 15) is 0 Å². The van der Waals surface area contributed by atoms with Gasteiger partial charge in [-0.25, -0.2) is 0 Å². The predicted octanol–water partition coefficient (Wildman–Crippen LogP) is 5.82. The minimum atomic E-state index is 1.06. The van der Waals surface area contributed by atoms with Crippen molar-refractivity contribution in [1.82, 2.24) is 0 Å². The van der Waals surface area contributed by atoms with Gasteiger partial charge in [0.25, 0.3) is 0 Å². The highest BCUT2D eigenvalue weighted by Crippen LogP contribution is 2.37. The van der Waals surface area contributed by atoms with E-state index in [0.29, 0.717) is 0 Å². The maximum absolute atomic E-state index is 2.37. The molecule has 0 N–H and O–H groups in total. The Morgan fingerprint density at radius 3 is 2.33 bits per heavy atom. The molecule has 0 saturated carbocycles. The standard InChI is InChI=1S/C21H22/c1-4-17-10-11-19(12-15(17)2)20-13-16(3)21(14-20)18-8-6-5-7-9-18/h5-12,14H,4,13H2,1-3H3. The molecular weight excluding hydrogens is 252 g/mol. The molecule has 1 aliphatic carbocycles. The summed E-state index contributed by atoms with van der Waals surface area (Å²) in [7, 11) is 0. The zero-order valence-electron chi connectivity index (χ0n) is 13.1. The Kier molecular flexibility index (Phi) is 3.79. The quantitative estimate of drug-likeness (QED) is 0.661. The molecule has 3 rings (SSSR count). The Labute approximate surface area is 127 Å². The van der Waals surface area contributed by atoms with E-state index in [1.165, 1.54) is 39.0 Å². The smallest absolute Gasteiger partial charge is 0.00545 e. The number of allylic oxidation sites excluding steroid dienone is 4. The molecule has 0 spiro atoms. The van der Waals surface area contributed by atoms with Crippen LogP contribution in [0.1, 0.15) is 42.5 Å². The third-order valence-corrected chi connectivity index (χ3v) is 4.41. The summed E-state index contributed by atoms with van der Waals surface area (Å²) in [6.45, 7) is 6.69. The fourth-order valence-corrected chi connectivity index (χ4v) is 3.15. The first-order chi connectivity index (χ1) is 10.2. The molecule has 0 saturated heterocycles. The molecule has 0 nitrogen and oxygen atoms in total. The topological polar surface area (TPSA) is 0 Å². The minimum absolute atomic E-state index is 1.06. The molecule has 2 aromatic rings. The summed E-state index contributed by atoms with van der Waals surface area (Å²) in [5.74, 6) is 0. The van der Waals surface area contributed by atoms with E-state index in [4.69, 9.17) is 0 Å². The molecule has 106 valence electrons. The van der Waals surface area contributed by atoms with Crippen LogP contribution in [-0.4, -0.2) is 0 Å². The van der Waals surface area contributed by atoms with E-state index < -0.39 is 0 Å². The van der Waals surface area contributed by atoms with Gasteiger partial charge in [-0.3, -0.25) is 0 Å². The van der Waals surface area contributed by atoms with E-state index >= 15 is 0 Å². The second-order valence-electron chi connectivity index (χ2n) is 5.90. The second-order valence-corrected chi connectivity index (χ2v) is 5.90. The minimum Gasteiger partial charge on any atom is -0.0622 e. The molecule has 0 atom stereocenters. The summed E-state index contributed by atoms with van der Waals surface area (Å²) in [6, 6.07) is 17.6. The lowest BCUT2D eigenvalue weighted by atomic mass is 9.97. The summed E-state index contributed by atoms with van der Waals surface area (Å²) < 4.78 is 0. The third kappa shape index (κ3) is 2.71. The van der Waals surface area contributed by atoms with Crippen LogP contribution in [0.2, 0.25) is 0 Å². The van der Waals surface area contributed by atoms with Crippen molar-refractivity contribution in [3.63, 3.8) is 0 Å². The highest BCUT2D eigenvalue weighted by molar-refractivity contribution is 5.91. The van der Waals surface area contributed by atoms with Gasteiger partial charge in [0, 0.05) is 0 Å². The van der Waals surface area contributed by atoms with Crippen molar-refractivity contribution in [2.75, 3.05) is 0 Å². The maximum atomic E-state index is 2.37. The first-order valence-corrected chi connectivity index (χ1v) is 7.74. The summed E-state index contributed by atoms with van der Waals surface area (Å²) in [6.07, 6.45) is 4.54. The van der Waals surface area contributed by atoms with Crippen LogP contribution in [0.15, 0.2) is 60.2 Å². The summed E-state index contributed by atoms with van der Waals surface area (Å²) in [5, 5.41) is 0. The monoisotopic (exact) mass is 274 g/mol. The molecule has 0 bridgehead atoms. The van der Waals surface area contributed by atoms with Crippen LogP contribution in [0.25, 0.3) is 11.1 Å². The predicted molar refractivity (Wildman–Crippen MR) is 92.2 cm³/mol. The van der Waals surface area contributed by atoms with Crippen molar-refractivity contribution >= 4 is 11.1 Å². The van der Waals surface area contributed by atoms with Crippen molar-refractivity contribution in [2.45, 2.75) is 33.6 Å². The molecule has 0 heterocycles. The van der Waals surface area contributed by atoms with Crippen molar-refractivity contribution in [2.24, 2.45) is 0 Å². The molecule has 0 unspecified atom stereocenters. The Morgan fingerprint density at radius 1 is 0.905 bits per heavy atom. The average Bonchev–Trinajstić information content (AvgIpc) is 2.90. The molecule has 0 aromatic heterocycles. The molecule has 0 aliphatic heterocycles. The number of hydrogen-bond acceptors (Lipinski definition) is 0. The van der Waals surface area contributed by atoms with Crippen LogP contribution in [0.5, 0.6) is 0 Å². The number of hydrogen-bond donors (Lipinski definition) is 0. The van der Waals surface area contributed by atoms with E-state index in [1.54, 1.807) is 0 Å². The van der Waals surface area contributed by atoms with Gasteiger partial charge < -0.3 is 0 Å². The van der Waals surface area contributed by atoms with Gasteiger partial charge in [0.15, 0.2) is 0 Å². The fourth-order valence-electron chi connectivity index (χ4n) is 3.15. The van der Waals surface area contributed by atoms with Gasteiger partial charge in [-0.1, -0.05) is 67.1 Å². The van der Waals surface area contributed by atoms with Crippen molar-refractivity contribution in [1.29, 1.82) is 0 Å². The Morgan fingerprint density at radius 2 is 1.67 bits per heavy atom. The lowest BCUT2D eigenvalue weighted by Gasteiger charge is -2.08.